The van der Waals surface area contributed by atoms with Gasteiger partial charge in [0.15, 0.2) is 0 Å². The third kappa shape index (κ3) is 13.6. The molecule has 0 unspecified atom stereocenters. The van der Waals surface area contributed by atoms with Crippen LogP contribution >= 0.6 is 0 Å². The number of carbonyl (C=O) groups is 1. The lowest BCUT2D eigenvalue weighted by Crippen LogP contribution is -2.11. The molecule has 160 valence electrons. The van der Waals surface area contributed by atoms with Crippen molar-refractivity contribution in [3.05, 3.63) is 24.3 Å². The summed E-state index contributed by atoms with van der Waals surface area (Å²) in [7, 11) is 0. The van der Waals surface area contributed by atoms with Crippen molar-refractivity contribution >= 4 is 11.6 Å². The maximum absolute atomic E-state index is 12.1. The van der Waals surface area contributed by atoms with E-state index in [9.17, 15) is 4.79 Å². The SMILES string of the molecule is CCCCCCCCCCCCCC(=O)Nc1cccc(OCCOCC)c1. The molecular formula is C24H41NO3. The minimum Gasteiger partial charge on any atom is -0.491 e. The van der Waals surface area contributed by atoms with Crippen molar-refractivity contribution in [1.82, 2.24) is 0 Å². The second kappa shape index (κ2) is 17.5. The highest BCUT2D eigenvalue weighted by molar-refractivity contribution is 5.90. The Morgan fingerprint density at radius 2 is 1.50 bits per heavy atom. The van der Waals surface area contributed by atoms with Gasteiger partial charge >= 0.3 is 0 Å². The number of hydrogen-bond acceptors (Lipinski definition) is 3. The third-order valence-corrected chi connectivity index (χ3v) is 4.83. The van der Waals surface area contributed by atoms with Crippen LogP contribution in [0.2, 0.25) is 0 Å². The van der Waals surface area contributed by atoms with E-state index in [4.69, 9.17) is 9.47 Å². The second-order valence-corrected chi connectivity index (χ2v) is 7.41. The first-order valence-electron chi connectivity index (χ1n) is 11.4. The van der Waals surface area contributed by atoms with E-state index in [-0.39, 0.29) is 5.91 Å². The number of nitrogens with one attached hydrogen (secondary N) is 1. The Hall–Kier alpha value is -1.55. The second-order valence-electron chi connectivity index (χ2n) is 7.41. The Labute approximate surface area is 172 Å². The van der Waals surface area contributed by atoms with Crippen LogP contribution < -0.4 is 10.1 Å². The molecule has 0 aliphatic rings. The van der Waals surface area contributed by atoms with Gasteiger partial charge in [-0.15, -0.1) is 0 Å². The Morgan fingerprint density at radius 3 is 2.14 bits per heavy atom. The molecule has 0 heterocycles. The zero-order valence-electron chi connectivity index (χ0n) is 18.1. The number of anilines is 1. The molecule has 4 nitrogen and oxygen atoms in total. The van der Waals surface area contributed by atoms with Crippen molar-refractivity contribution in [3.8, 4) is 5.75 Å². The predicted molar refractivity (Wildman–Crippen MR) is 118 cm³/mol. The molecule has 1 N–H and O–H groups in total. The first-order valence-corrected chi connectivity index (χ1v) is 11.4. The fourth-order valence-electron chi connectivity index (χ4n) is 3.20. The molecule has 0 bridgehead atoms. The average molecular weight is 392 g/mol. The lowest BCUT2D eigenvalue weighted by Gasteiger charge is -2.09. The Balaban J connectivity index is 2.04. The molecule has 1 amide bonds. The zero-order chi connectivity index (χ0) is 20.3. The predicted octanol–water partition coefficient (Wildman–Crippen LogP) is 6.74. The molecule has 0 aliphatic heterocycles. The van der Waals surface area contributed by atoms with Crippen molar-refractivity contribution < 1.29 is 14.3 Å². The summed E-state index contributed by atoms with van der Waals surface area (Å²) in [5.41, 5.74) is 0.794. The molecule has 0 spiro atoms. The fourth-order valence-corrected chi connectivity index (χ4v) is 3.20. The zero-order valence-corrected chi connectivity index (χ0v) is 18.1. The van der Waals surface area contributed by atoms with Crippen LogP contribution in [0.15, 0.2) is 24.3 Å². The van der Waals surface area contributed by atoms with Crippen LogP contribution in [-0.2, 0) is 9.53 Å². The first kappa shape index (κ1) is 24.5. The van der Waals surface area contributed by atoms with Gasteiger partial charge in [-0.3, -0.25) is 4.79 Å². The van der Waals surface area contributed by atoms with E-state index in [1.807, 2.05) is 31.2 Å². The van der Waals surface area contributed by atoms with Gasteiger partial charge in [0.25, 0.3) is 0 Å². The number of amides is 1. The highest BCUT2D eigenvalue weighted by Gasteiger charge is 2.04. The molecule has 4 heteroatoms. The number of carbonyl (C=O) groups excluding carboxylic acids is 1. The summed E-state index contributed by atoms with van der Waals surface area (Å²) >= 11 is 0. The Kier molecular flexibility index (Phi) is 15.3. The molecule has 1 rings (SSSR count). The van der Waals surface area contributed by atoms with Gasteiger partial charge < -0.3 is 14.8 Å². The van der Waals surface area contributed by atoms with Gasteiger partial charge in [0, 0.05) is 24.8 Å². The molecule has 0 aliphatic carbocycles. The van der Waals surface area contributed by atoms with E-state index in [2.05, 4.69) is 12.2 Å². The van der Waals surface area contributed by atoms with Crippen LogP contribution in [0.3, 0.4) is 0 Å². The molecule has 1 aromatic rings. The van der Waals surface area contributed by atoms with Gasteiger partial charge in [0.05, 0.1) is 6.61 Å². The maximum Gasteiger partial charge on any atom is 0.224 e. The number of hydrogen-bond donors (Lipinski definition) is 1. The van der Waals surface area contributed by atoms with Crippen molar-refractivity contribution in [2.24, 2.45) is 0 Å². The Bertz CT molecular complexity index is 504. The standard InChI is InChI=1S/C24H41NO3/c1-3-5-6-7-8-9-10-11-12-13-14-18-24(26)25-22-16-15-17-23(21-22)28-20-19-27-4-2/h15-17,21H,3-14,18-20H2,1-2H3,(H,25,26). The number of ether oxygens (including phenoxy) is 2. The molecule has 28 heavy (non-hydrogen) atoms. The van der Waals surface area contributed by atoms with Gasteiger partial charge in [-0.2, -0.15) is 0 Å². The number of rotatable bonds is 18. The van der Waals surface area contributed by atoms with Gasteiger partial charge in [-0.1, -0.05) is 77.2 Å². The monoisotopic (exact) mass is 391 g/mol. The summed E-state index contributed by atoms with van der Waals surface area (Å²) in [5.74, 6) is 0.842. The molecule has 0 aromatic heterocycles. The van der Waals surface area contributed by atoms with Gasteiger partial charge in [0.1, 0.15) is 12.4 Å². The molecule has 0 atom stereocenters. The average Bonchev–Trinajstić information content (AvgIpc) is 2.70. The molecular weight excluding hydrogens is 350 g/mol. The largest absolute Gasteiger partial charge is 0.491 e. The molecule has 0 saturated carbocycles. The third-order valence-electron chi connectivity index (χ3n) is 4.83. The quantitative estimate of drug-likeness (QED) is 0.282. The first-order chi connectivity index (χ1) is 13.8. The van der Waals surface area contributed by atoms with E-state index in [0.29, 0.717) is 26.2 Å². The fraction of sp³-hybridized carbons (Fsp3) is 0.708. The summed E-state index contributed by atoms with van der Waals surface area (Å²) < 4.78 is 10.9. The van der Waals surface area contributed by atoms with E-state index in [1.165, 1.54) is 57.8 Å². The lowest BCUT2D eigenvalue weighted by atomic mass is 10.1. The normalized spacial score (nSPS) is 10.8. The maximum atomic E-state index is 12.1. The summed E-state index contributed by atoms with van der Waals surface area (Å²) in [6, 6.07) is 7.55. The van der Waals surface area contributed by atoms with Crippen LogP contribution in [0.1, 0.15) is 90.9 Å². The van der Waals surface area contributed by atoms with E-state index >= 15 is 0 Å². The molecule has 0 saturated heterocycles. The van der Waals surface area contributed by atoms with E-state index < -0.39 is 0 Å². The topological polar surface area (TPSA) is 47.6 Å². The van der Waals surface area contributed by atoms with Crippen molar-refractivity contribution in [2.75, 3.05) is 25.1 Å². The van der Waals surface area contributed by atoms with Crippen molar-refractivity contribution in [3.63, 3.8) is 0 Å². The summed E-state index contributed by atoms with van der Waals surface area (Å²) in [5, 5.41) is 2.97. The summed E-state index contributed by atoms with van der Waals surface area (Å²) in [6.45, 7) is 6.01. The van der Waals surface area contributed by atoms with Crippen molar-refractivity contribution in [1.29, 1.82) is 0 Å². The van der Waals surface area contributed by atoms with E-state index in [1.54, 1.807) is 0 Å². The van der Waals surface area contributed by atoms with Crippen LogP contribution in [-0.4, -0.2) is 25.7 Å². The van der Waals surface area contributed by atoms with Crippen LogP contribution in [0.5, 0.6) is 5.75 Å². The number of unbranched alkanes of at least 4 members (excludes halogenated alkanes) is 10. The number of benzene rings is 1. The van der Waals surface area contributed by atoms with Crippen LogP contribution in [0.25, 0.3) is 0 Å². The molecule has 0 fully saturated rings. The molecule has 1 aromatic carbocycles. The van der Waals surface area contributed by atoms with Gasteiger partial charge in [0.2, 0.25) is 5.91 Å². The molecule has 0 radical (unpaired) electrons. The smallest absolute Gasteiger partial charge is 0.224 e. The minimum atomic E-state index is 0.0855. The van der Waals surface area contributed by atoms with Crippen LogP contribution in [0.4, 0.5) is 5.69 Å². The van der Waals surface area contributed by atoms with E-state index in [0.717, 1.165) is 24.3 Å². The highest BCUT2D eigenvalue weighted by Crippen LogP contribution is 2.18. The lowest BCUT2D eigenvalue weighted by molar-refractivity contribution is -0.116. The summed E-state index contributed by atoms with van der Waals surface area (Å²) in [6.07, 6.45) is 14.8. The minimum absolute atomic E-state index is 0.0855. The Morgan fingerprint density at radius 1 is 0.857 bits per heavy atom. The highest BCUT2D eigenvalue weighted by atomic mass is 16.5. The van der Waals surface area contributed by atoms with Gasteiger partial charge in [-0.25, -0.2) is 0 Å². The summed E-state index contributed by atoms with van der Waals surface area (Å²) in [4.78, 5) is 12.1. The van der Waals surface area contributed by atoms with Crippen LogP contribution in [0, 0.1) is 0 Å². The van der Waals surface area contributed by atoms with Gasteiger partial charge in [-0.05, 0) is 25.5 Å². The van der Waals surface area contributed by atoms with Crippen molar-refractivity contribution in [2.45, 2.75) is 90.9 Å².